The fraction of sp³-hybridized carbons (Fsp3) is 1.00. The summed E-state index contributed by atoms with van der Waals surface area (Å²) >= 11 is 0. The highest BCUT2D eigenvalue weighted by atomic mass is 19.3. The monoisotopic (exact) mass is 139 g/mol. The average molecular weight is 139 g/mol. The summed E-state index contributed by atoms with van der Waals surface area (Å²) in [6, 6.07) is 0. The van der Waals surface area contributed by atoms with Crippen LogP contribution in [0, 0.1) is 0 Å². The lowest BCUT2D eigenvalue weighted by Gasteiger charge is -1.98. The molecule has 2 N–H and O–H groups in total. The molecule has 0 aliphatic heterocycles. The molecule has 0 aromatic carbocycles. The van der Waals surface area contributed by atoms with Crippen molar-refractivity contribution in [2.45, 2.75) is 0 Å². The lowest BCUT2D eigenvalue weighted by atomic mass is 10.7. The van der Waals surface area contributed by atoms with Crippen molar-refractivity contribution >= 4 is 0 Å². The van der Waals surface area contributed by atoms with Gasteiger partial charge in [0, 0.05) is 0 Å². The lowest BCUT2D eigenvalue weighted by molar-refractivity contribution is -0.147. The first kappa shape index (κ1) is 8.77. The molecule has 0 amide bonds. The molecule has 4 nitrogen and oxygen atoms in total. The fourth-order valence-electron chi connectivity index (χ4n) is 0.300. The minimum atomic E-state index is -0.0510. The normalized spacial score (nSPS) is 10.0. The number of hydrogen-bond acceptors (Lipinski definition) is 4. The molecule has 0 saturated carbocycles. The van der Waals surface area contributed by atoms with Crippen molar-refractivity contribution in [2.75, 3.05) is 26.4 Å². The number of nitrogens with two attached hydrogens (primary N) is 1. The van der Waals surface area contributed by atoms with E-state index in [4.69, 9.17) is 4.74 Å². The van der Waals surface area contributed by atoms with Gasteiger partial charge in [-0.2, -0.15) is 4.94 Å². The molecule has 0 aliphatic carbocycles. The van der Waals surface area contributed by atoms with Crippen LogP contribution in [0.15, 0.2) is 0 Å². The maximum absolute atomic E-state index is 10.9. The molecule has 56 valence electrons. The molecule has 0 fully saturated rings. The molecular weight excluding hydrogens is 129 g/mol. The quantitative estimate of drug-likeness (QED) is 0.409. The molecule has 5 heteroatoms. The van der Waals surface area contributed by atoms with Gasteiger partial charge in [-0.05, 0) is 4.53 Å². The molecule has 0 aliphatic rings. The number of hydrogen-bond donors (Lipinski definition) is 1. The van der Waals surface area contributed by atoms with Gasteiger partial charge in [0.2, 0.25) is 0 Å². The van der Waals surface area contributed by atoms with Gasteiger partial charge in [0.25, 0.3) is 0 Å². The standard InChI is InChI=1S/C4H10FNO3/c5-8-3-1-7-2-4-9-6/h1-4,6H2. The van der Waals surface area contributed by atoms with Crippen LogP contribution in [0.3, 0.4) is 0 Å². The highest BCUT2D eigenvalue weighted by molar-refractivity contribution is 4.26. The van der Waals surface area contributed by atoms with Crippen LogP contribution >= 0.6 is 0 Å². The summed E-state index contributed by atoms with van der Waals surface area (Å²) in [5.74, 6) is 4.66. The van der Waals surface area contributed by atoms with Crippen LogP contribution in [0.5, 0.6) is 0 Å². The maximum atomic E-state index is 10.9. The number of halogens is 1. The highest BCUT2D eigenvalue weighted by Crippen LogP contribution is 1.77. The summed E-state index contributed by atoms with van der Waals surface area (Å²) < 4.78 is 15.6. The summed E-state index contributed by atoms with van der Waals surface area (Å²) in [5, 5.41) is 0. The maximum Gasteiger partial charge on any atom is 0.111 e. The molecule has 0 heterocycles. The third-order valence-corrected chi connectivity index (χ3v) is 0.650. The predicted octanol–water partition coefficient (Wildman–Crippen LogP) is -0.206. The van der Waals surface area contributed by atoms with Crippen molar-refractivity contribution in [3.8, 4) is 0 Å². The second-order valence-electron chi connectivity index (χ2n) is 1.30. The molecule has 0 aromatic heterocycles. The molecule has 0 unspecified atom stereocenters. The summed E-state index contributed by atoms with van der Waals surface area (Å²) in [5.41, 5.74) is 0. The van der Waals surface area contributed by atoms with Gasteiger partial charge in [-0.25, -0.2) is 5.90 Å². The van der Waals surface area contributed by atoms with E-state index < -0.39 is 0 Å². The topological polar surface area (TPSA) is 53.7 Å². The predicted molar refractivity (Wildman–Crippen MR) is 28.0 cm³/mol. The highest BCUT2D eigenvalue weighted by Gasteiger charge is 1.86. The van der Waals surface area contributed by atoms with Crippen molar-refractivity contribution in [3.63, 3.8) is 0 Å². The Labute approximate surface area is 52.5 Å². The Morgan fingerprint density at radius 2 is 1.78 bits per heavy atom. The zero-order valence-electron chi connectivity index (χ0n) is 5.01. The second kappa shape index (κ2) is 7.77. The minimum Gasteiger partial charge on any atom is -0.376 e. The minimum absolute atomic E-state index is 0.0510. The van der Waals surface area contributed by atoms with Crippen LogP contribution in [-0.2, 0) is 14.5 Å². The lowest BCUT2D eigenvalue weighted by Crippen LogP contribution is -2.10. The average Bonchev–Trinajstić information content (AvgIpc) is 1.89. The van der Waals surface area contributed by atoms with Crippen LogP contribution in [0.4, 0.5) is 4.53 Å². The van der Waals surface area contributed by atoms with Gasteiger partial charge in [-0.15, -0.1) is 0 Å². The Kier molecular flexibility index (Phi) is 7.57. The summed E-state index contributed by atoms with van der Waals surface area (Å²) in [6.45, 7) is 0.844. The molecule has 0 aromatic rings. The van der Waals surface area contributed by atoms with E-state index in [1.54, 1.807) is 0 Å². The summed E-state index contributed by atoms with van der Waals surface area (Å²) in [7, 11) is 0. The summed E-state index contributed by atoms with van der Waals surface area (Å²) in [6.07, 6.45) is 0. The van der Waals surface area contributed by atoms with Crippen LogP contribution in [0.1, 0.15) is 0 Å². The number of rotatable bonds is 6. The van der Waals surface area contributed by atoms with Crippen molar-refractivity contribution in [2.24, 2.45) is 5.90 Å². The van der Waals surface area contributed by atoms with E-state index in [9.17, 15) is 4.53 Å². The van der Waals surface area contributed by atoms with Gasteiger partial charge in [0.05, 0.1) is 19.8 Å². The molecule has 0 bridgehead atoms. The van der Waals surface area contributed by atoms with Gasteiger partial charge in [-0.1, -0.05) is 0 Å². The largest absolute Gasteiger partial charge is 0.376 e. The van der Waals surface area contributed by atoms with Gasteiger partial charge in [0.1, 0.15) is 6.61 Å². The SMILES string of the molecule is NOCCOCCOF. The molecular formula is C4H10FNO3. The Hall–Kier alpha value is -0.230. The summed E-state index contributed by atoms with van der Waals surface area (Å²) in [4.78, 5) is 7.39. The molecule has 0 atom stereocenters. The Morgan fingerprint density at radius 3 is 2.33 bits per heavy atom. The van der Waals surface area contributed by atoms with E-state index >= 15 is 0 Å². The molecule has 0 rings (SSSR count). The zero-order valence-corrected chi connectivity index (χ0v) is 5.01. The van der Waals surface area contributed by atoms with Gasteiger partial charge >= 0.3 is 0 Å². The Balaban J connectivity index is 2.60. The van der Waals surface area contributed by atoms with E-state index in [2.05, 4.69) is 15.7 Å². The Bertz CT molecular complexity index is 49.1. The van der Waals surface area contributed by atoms with Crippen molar-refractivity contribution < 1.29 is 19.0 Å². The van der Waals surface area contributed by atoms with E-state index in [1.165, 1.54) is 0 Å². The molecule has 0 radical (unpaired) electrons. The van der Waals surface area contributed by atoms with Crippen molar-refractivity contribution in [1.82, 2.24) is 0 Å². The van der Waals surface area contributed by atoms with E-state index in [-0.39, 0.29) is 13.2 Å². The van der Waals surface area contributed by atoms with Crippen LogP contribution < -0.4 is 5.90 Å². The first-order valence-electron chi connectivity index (χ1n) is 2.54. The first-order chi connectivity index (χ1) is 4.41. The van der Waals surface area contributed by atoms with Crippen LogP contribution in [0.25, 0.3) is 0 Å². The smallest absolute Gasteiger partial charge is 0.111 e. The van der Waals surface area contributed by atoms with Gasteiger partial charge < -0.3 is 9.57 Å². The van der Waals surface area contributed by atoms with Crippen LogP contribution in [-0.4, -0.2) is 26.4 Å². The Morgan fingerprint density at radius 1 is 1.11 bits per heavy atom. The number of ether oxygens (including phenoxy) is 1. The van der Waals surface area contributed by atoms with Crippen LogP contribution in [0.2, 0.25) is 0 Å². The molecule has 0 saturated heterocycles. The molecule has 0 spiro atoms. The van der Waals surface area contributed by atoms with Crippen molar-refractivity contribution in [1.29, 1.82) is 0 Å². The van der Waals surface area contributed by atoms with Gasteiger partial charge in [-0.3, -0.25) is 0 Å². The van der Waals surface area contributed by atoms with E-state index in [1.807, 2.05) is 0 Å². The van der Waals surface area contributed by atoms with Gasteiger partial charge in [0.15, 0.2) is 0 Å². The second-order valence-corrected chi connectivity index (χ2v) is 1.30. The van der Waals surface area contributed by atoms with Crippen molar-refractivity contribution in [3.05, 3.63) is 0 Å². The third kappa shape index (κ3) is 7.77. The zero-order chi connectivity index (χ0) is 6.95. The first-order valence-corrected chi connectivity index (χ1v) is 2.54. The molecule has 9 heavy (non-hydrogen) atoms. The third-order valence-electron chi connectivity index (χ3n) is 0.650. The van der Waals surface area contributed by atoms with E-state index in [0.717, 1.165) is 0 Å². The fourth-order valence-corrected chi connectivity index (χ4v) is 0.300. The van der Waals surface area contributed by atoms with E-state index in [0.29, 0.717) is 13.2 Å².